The molecule has 2 aromatic rings. The Kier molecular flexibility index (Phi) is 7.00. The van der Waals surface area contributed by atoms with E-state index >= 15 is 0 Å². The molecule has 0 aromatic heterocycles. The van der Waals surface area contributed by atoms with Gasteiger partial charge in [-0.05, 0) is 62.2 Å². The van der Waals surface area contributed by atoms with Crippen molar-refractivity contribution in [3.05, 3.63) is 58.1 Å². The third-order valence-electron chi connectivity index (χ3n) is 4.84. The fourth-order valence-corrected chi connectivity index (χ4v) is 3.83. The standard InChI is InChI=1S/C21H23Cl2N3O3/c1-13(29-19-8-7-15(22)11-17(19)23)21(28)25-16-5-2-4-14(10-16)12-26-9-3-6-18(26)20(24)27/h2,4-5,7-8,10-11,13,18H,3,6,9,12H2,1H3,(H2,24,27)(H,25,28). The van der Waals surface area contributed by atoms with Crippen molar-refractivity contribution in [3.8, 4) is 5.75 Å². The highest BCUT2D eigenvalue weighted by Gasteiger charge is 2.28. The molecule has 1 aliphatic rings. The van der Waals surface area contributed by atoms with Gasteiger partial charge in [0.1, 0.15) is 5.75 Å². The Morgan fingerprint density at radius 1 is 1.28 bits per heavy atom. The molecule has 2 atom stereocenters. The summed E-state index contributed by atoms with van der Waals surface area (Å²) in [6, 6.07) is 12.1. The van der Waals surface area contributed by atoms with Crippen LogP contribution in [0.5, 0.6) is 5.75 Å². The van der Waals surface area contributed by atoms with Crippen molar-refractivity contribution >= 4 is 40.7 Å². The number of nitrogens with one attached hydrogen (secondary N) is 1. The highest BCUT2D eigenvalue weighted by atomic mass is 35.5. The van der Waals surface area contributed by atoms with E-state index in [9.17, 15) is 9.59 Å². The van der Waals surface area contributed by atoms with Gasteiger partial charge in [0.2, 0.25) is 5.91 Å². The fourth-order valence-electron chi connectivity index (χ4n) is 3.38. The minimum atomic E-state index is -0.754. The first-order valence-electron chi connectivity index (χ1n) is 9.38. The summed E-state index contributed by atoms with van der Waals surface area (Å²) in [5, 5.41) is 3.68. The third-order valence-corrected chi connectivity index (χ3v) is 5.37. The number of carbonyl (C=O) groups excluding carboxylic acids is 2. The van der Waals surface area contributed by atoms with E-state index in [4.69, 9.17) is 33.7 Å². The smallest absolute Gasteiger partial charge is 0.265 e. The predicted octanol–water partition coefficient (Wildman–Crippen LogP) is 3.85. The summed E-state index contributed by atoms with van der Waals surface area (Å²) in [4.78, 5) is 26.2. The first-order chi connectivity index (χ1) is 13.8. The van der Waals surface area contributed by atoms with Gasteiger partial charge in [-0.3, -0.25) is 14.5 Å². The maximum atomic E-state index is 12.5. The van der Waals surface area contributed by atoms with Gasteiger partial charge in [-0.1, -0.05) is 35.3 Å². The monoisotopic (exact) mass is 435 g/mol. The van der Waals surface area contributed by atoms with Crippen LogP contribution in [-0.2, 0) is 16.1 Å². The van der Waals surface area contributed by atoms with Crippen LogP contribution in [0, 0.1) is 0 Å². The van der Waals surface area contributed by atoms with Crippen LogP contribution in [0.2, 0.25) is 10.0 Å². The predicted molar refractivity (Wildman–Crippen MR) is 114 cm³/mol. The molecule has 29 heavy (non-hydrogen) atoms. The van der Waals surface area contributed by atoms with E-state index in [0.717, 1.165) is 24.9 Å². The summed E-state index contributed by atoms with van der Waals surface area (Å²) in [6.45, 7) is 3.08. The van der Waals surface area contributed by atoms with E-state index < -0.39 is 6.10 Å². The molecular formula is C21H23Cl2N3O3. The molecule has 0 radical (unpaired) electrons. The van der Waals surface area contributed by atoms with Crippen LogP contribution < -0.4 is 15.8 Å². The number of nitrogens with two attached hydrogens (primary N) is 1. The number of hydrogen-bond acceptors (Lipinski definition) is 4. The van der Waals surface area contributed by atoms with Crippen LogP contribution >= 0.6 is 23.2 Å². The zero-order valence-electron chi connectivity index (χ0n) is 16.0. The third kappa shape index (κ3) is 5.63. The Balaban J connectivity index is 1.61. The highest BCUT2D eigenvalue weighted by molar-refractivity contribution is 6.35. The van der Waals surface area contributed by atoms with Gasteiger partial charge in [0.15, 0.2) is 6.10 Å². The number of anilines is 1. The largest absolute Gasteiger partial charge is 0.479 e. The molecule has 2 aromatic carbocycles. The number of ether oxygens (including phenoxy) is 1. The summed E-state index contributed by atoms with van der Waals surface area (Å²) in [7, 11) is 0. The Hall–Kier alpha value is -2.28. The number of hydrogen-bond donors (Lipinski definition) is 2. The molecule has 1 saturated heterocycles. The summed E-state index contributed by atoms with van der Waals surface area (Å²) in [5.41, 5.74) is 7.13. The first-order valence-corrected chi connectivity index (χ1v) is 10.1. The molecule has 154 valence electrons. The quantitative estimate of drug-likeness (QED) is 0.691. The van der Waals surface area contributed by atoms with Gasteiger partial charge in [0, 0.05) is 17.3 Å². The Bertz CT molecular complexity index is 906. The summed E-state index contributed by atoms with van der Waals surface area (Å²) < 4.78 is 5.65. The lowest BCUT2D eigenvalue weighted by molar-refractivity contribution is -0.122. The van der Waals surface area contributed by atoms with Crippen molar-refractivity contribution in [2.75, 3.05) is 11.9 Å². The van der Waals surface area contributed by atoms with Gasteiger partial charge in [-0.2, -0.15) is 0 Å². The second-order valence-electron chi connectivity index (χ2n) is 7.06. The Morgan fingerprint density at radius 2 is 2.07 bits per heavy atom. The van der Waals surface area contributed by atoms with Crippen molar-refractivity contribution in [2.24, 2.45) is 5.73 Å². The second kappa shape index (κ2) is 9.48. The molecule has 1 aliphatic heterocycles. The molecule has 0 bridgehead atoms. The van der Waals surface area contributed by atoms with E-state index in [1.165, 1.54) is 0 Å². The molecule has 1 heterocycles. The van der Waals surface area contributed by atoms with Crippen molar-refractivity contribution in [1.29, 1.82) is 0 Å². The lowest BCUT2D eigenvalue weighted by Gasteiger charge is -2.22. The van der Waals surface area contributed by atoms with Crippen LogP contribution in [0.25, 0.3) is 0 Å². The van der Waals surface area contributed by atoms with Crippen LogP contribution in [0.15, 0.2) is 42.5 Å². The molecule has 1 fully saturated rings. The molecule has 2 amide bonds. The van der Waals surface area contributed by atoms with Crippen molar-refractivity contribution in [3.63, 3.8) is 0 Å². The fraction of sp³-hybridized carbons (Fsp3) is 0.333. The first kappa shape index (κ1) is 21.4. The highest BCUT2D eigenvalue weighted by Crippen LogP contribution is 2.28. The topological polar surface area (TPSA) is 84.7 Å². The number of halogens is 2. The van der Waals surface area contributed by atoms with E-state index in [0.29, 0.717) is 28.0 Å². The average Bonchev–Trinajstić information content (AvgIpc) is 3.12. The number of amides is 2. The lowest BCUT2D eigenvalue weighted by Crippen LogP contribution is -2.39. The number of benzene rings is 2. The minimum Gasteiger partial charge on any atom is -0.479 e. The maximum Gasteiger partial charge on any atom is 0.265 e. The van der Waals surface area contributed by atoms with E-state index in [-0.39, 0.29) is 17.9 Å². The van der Waals surface area contributed by atoms with Crippen LogP contribution in [0.1, 0.15) is 25.3 Å². The van der Waals surface area contributed by atoms with Crippen LogP contribution in [0.4, 0.5) is 5.69 Å². The Labute approximate surface area is 179 Å². The minimum absolute atomic E-state index is 0.231. The van der Waals surface area contributed by atoms with Crippen molar-refractivity contribution in [2.45, 2.75) is 38.5 Å². The number of carbonyl (C=O) groups is 2. The van der Waals surface area contributed by atoms with Crippen LogP contribution in [-0.4, -0.2) is 35.4 Å². The molecule has 0 spiro atoms. The zero-order valence-corrected chi connectivity index (χ0v) is 17.5. The zero-order chi connectivity index (χ0) is 21.0. The van der Waals surface area contributed by atoms with E-state index in [1.54, 1.807) is 31.2 Å². The summed E-state index contributed by atoms with van der Waals surface area (Å²) in [5.74, 6) is -0.206. The van der Waals surface area contributed by atoms with Gasteiger partial charge in [-0.25, -0.2) is 0 Å². The van der Waals surface area contributed by atoms with Gasteiger partial charge in [-0.15, -0.1) is 0 Å². The second-order valence-corrected chi connectivity index (χ2v) is 7.90. The average molecular weight is 436 g/mol. The van der Waals surface area contributed by atoms with Crippen LogP contribution in [0.3, 0.4) is 0 Å². The summed E-state index contributed by atoms with van der Waals surface area (Å²) in [6.07, 6.45) is 0.982. The molecule has 3 rings (SSSR count). The van der Waals surface area contributed by atoms with Crippen molar-refractivity contribution in [1.82, 2.24) is 4.90 Å². The molecule has 3 N–H and O–H groups in total. The number of rotatable bonds is 7. The molecule has 0 saturated carbocycles. The number of primary amides is 1. The van der Waals surface area contributed by atoms with Gasteiger partial charge >= 0.3 is 0 Å². The summed E-state index contributed by atoms with van der Waals surface area (Å²) >= 11 is 12.0. The molecular weight excluding hydrogens is 413 g/mol. The van der Waals surface area contributed by atoms with E-state index in [1.807, 2.05) is 18.2 Å². The van der Waals surface area contributed by atoms with Crippen molar-refractivity contribution < 1.29 is 14.3 Å². The van der Waals surface area contributed by atoms with Gasteiger partial charge < -0.3 is 15.8 Å². The maximum absolute atomic E-state index is 12.5. The van der Waals surface area contributed by atoms with Gasteiger partial charge in [0.25, 0.3) is 5.91 Å². The van der Waals surface area contributed by atoms with E-state index in [2.05, 4.69) is 10.2 Å². The van der Waals surface area contributed by atoms with Gasteiger partial charge in [0.05, 0.1) is 11.1 Å². The molecule has 6 nitrogen and oxygen atoms in total. The molecule has 2 unspecified atom stereocenters. The lowest BCUT2D eigenvalue weighted by atomic mass is 10.1. The molecule has 0 aliphatic carbocycles. The molecule has 8 heteroatoms. The number of nitrogens with zero attached hydrogens (tertiary/aromatic N) is 1. The SMILES string of the molecule is CC(Oc1ccc(Cl)cc1Cl)C(=O)Nc1cccc(CN2CCCC2C(N)=O)c1. The Morgan fingerprint density at radius 3 is 2.79 bits per heavy atom. The number of likely N-dealkylation sites (tertiary alicyclic amines) is 1. The normalized spacial score (nSPS) is 17.7.